The molecule has 8 heteroatoms. The van der Waals surface area contributed by atoms with Gasteiger partial charge in [-0.05, 0) is 37.3 Å². The number of anilines is 1. The molecule has 1 N–H and O–H groups in total. The fraction of sp³-hybridized carbons (Fsp3) is 0.167. The van der Waals surface area contributed by atoms with Gasteiger partial charge in [0.25, 0.3) is 5.91 Å². The number of amides is 1. The van der Waals surface area contributed by atoms with E-state index in [0.29, 0.717) is 11.3 Å². The molecule has 1 amide bonds. The smallest absolute Gasteiger partial charge is 0.387 e. The average Bonchev–Trinajstić information content (AvgIpc) is 2.61. The highest BCUT2D eigenvalue weighted by molar-refractivity contribution is 5.98. The lowest BCUT2D eigenvalue weighted by molar-refractivity contribution is -0.123. The van der Waals surface area contributed by atoms with Crippen molar-refractivity contribution in [3.05, 3.63) is 59.7 Å². The Bertz CT molecular complexity index is 849. The van der Waals surface area contributed by atoms with E-state index in [0.717, 1.165) is 0 Å². The van der Waals surface area contributed by atoms with Crippen LogP contribution in [0.3, 0.4) is 0 Å². The van der Waals surface area contributed by atoms with Gasteiger partial charge in [-0.25, -0.2) is 4.79 Å². The highest BCUT2D eigenvalue weighted by Crippen LogP contribution is 2.21. The number of para-hydroxylation sites is 1. The Hall–Kier alpha value is -3.47. The number of rotatable bonds is 6. The van der Waals surface area contributed by atoms with Crippen molar-refractivity contribution in [1.29, 1.82) is 5.26 Å². The number of hydrogen-bond donors (Lipinski definition) is 1. The SMILES string of the molecule is C[C@H](OC(=O)c1ccccc1OC(F)F)C(=O)Nc1cccc(C#N)c1. The van der Waals surface area contributed by atoms with Crippen molar-refractivity contribution in [2.75, 3.05) is 5.32 Å². The Balaban J connectivity index is 2.04. The molecule has 0 radical (unpaired) electrons. The number of esters is 1. The molecular weight excluding hydrogens is 346 g/mol. The van der Waals surface area contributed by atoms with Crippen molar-refractivity contribution in [2.45, 2.75) is 19.6 Å². The standard InChI is InChI=1S/C18H14F2N2O4/c1-11(16(23)22-13-6-4-5-12(9-13)10-21)25-17(24)14-7-2-3-8-15(14)26-18(19)20/h2-9,11,18H,1H3,(H,22,23)/t11-/m0/s1. The molecule has 0 heterocycles. The normalized spacial score (nSPS) is 11.3. The Morgan fingerprint density at radius 3 is 2.58 bits per heavy atom. The molecule has 2 rings (SSSR count). The maximum atomic E-state index is 12.4. The van der Waals surface area contributed by atoms with Gasteiger partial charge in [-0.15, -0.1) is 0 Å². The lowest BCUT2D eigenvalue weighted by atomic mass is 10.2. The van der Waals surface area contributed by atoms with Crippen LogP contribution in [0.15, 0.2) is 48.5 Å². The third-order valence-electron chi connectivity index (χ3n) is 3.24. The maximum absolute atomic E-state index is 12.4. The number of halogens is 2. The van der Waals surface area contributed by atoms with E-state index in [2.05, 4.69) is 10.1 Å². The van der Waals surface area contributed by atoms with Gasteiger partial charge in [0.15, 0.2) is 6.10 Å². The number of carbonyl (C=O) groups excluding carboxylic acids is 2. The first-order valence-corrected chi connectivity index (χ1v) is 7.46. The number of carbonyl (C=O) groups is 2. The van der Waals surface area contributed by atoms with Gasteiger partial charge in [0.2, 0.25) is 0 Å². The van der Waals surface area contributed by atoms with Crippen molar-refractivity contribution < 1.29 is 27.8 Å². The predicted molar refractivity (Wildman–Crippen MR) is 87.7 cm³/mol. The number of benzene rings is 2. The van der Waals surface area contributed by atoms with E-state index < -0.39 is 24.6 Å². The summed E-state index contributed by atoms with van der Waals surface area (Å²) in [6, 6.07) is 13.4. The summed E-state index contributed by atoms with van der Waals surface area (Å²) in [5.41, 5.74) is 0.489. The van der Waals surface area contributed by atoms with Crippen molar-refractivity contribution in [1.82, 2.24) is 0 Å². The first-order valence-electron chi connectivity index (χ1n) is 7.46. The minimum atomic E-state index is -3.10. The molecule has 0 saturated heterocycles. The van der Waals surface area contributed by atoms with Crippen LogP contribution in [-0.2, 0) is 9.53 Å². The zero-order valence-corrected chi connectivity index (χ0v) is 13.6. The zero-order chi connectivity index (χ0) is 19.1. The maximum Gasteiger partial charge on any atom is 0.387 e. The van der Waals surface area contributed by atoms with Gasteiger partial charge in [0, 0.05) is 5.69 Å². The van der Waals surface area contributed by atoms with Crippen LogP contribution in [0.1, 0.15) is 22.8 Å². The van der Waals surface area contributed by atoms with Gasteiger partial charge in [-0.1, -0.05) is 18.2 Å². The van der Waals surface area contributed by atoms with Crippen LogP contribution in [0.25, 0.3) is 0 Å². The van der Waals surface area contributed by atoms with Crippen molar-refractivity contribution in [3.63, 3.8) is 0 Å². The summed E-state index contributed by atoms with van der Waals surface area (Å²) in [5, 5.41) is 11.3. The van der Waals surface area contributed by atoms with Gasteiger partial charge in [0.1, 0.15) is 11.3 Å². The topological polar surface area (TPSA) is 88.4 Å². The third-order valence-corrected chi connectivity index (χ3v) is 3.24. The molecular formula is C18H14F2N2O4. The monoisotopic (exact) mass is 360 g/mol. The Labute approximate surface area is 148 Å². The van der Waals surface area contributed by atoms with Crippen LogP contribution >= 0.6 is 0 Å². The molecule has 0 aromatic heterocycles. The second kappa shape index (κ2) is 8.58. The summed E-state index contributed by atoms with van der Waals surface area (Å²) in [6.07, 6.45) is -1.20. The quantitative estimate of drug-likeness (QED) is 0.798. The van der Waals surface area contributed by atoms with Crippen LogP contribution in [0, 0.1) is 11.3 Å². The van der Waals surface area contributed by atoms with Crippen LogP contribution < -0.4 is 10.1 Å². The molecule has 0 fully saturated rings. The van der Waals surface area contributed by atoms with E-state index in [1.54, 1.807) is 18.2 Å². The minimum Gasteiger partial charge on any atom is -0.449 e. The van der Waals surface area contributed by atoms with Gasteiger partial charge in [0.05, 0.1) is 11.6 Å². The van der Waals surface area contributed by atoms with Crippen LogP contribution in [0.5, 0.6) is 5.75 Å². The van der Waals surface area contributed by atoms with E-state index in [-0.39, 0.29) is 11.3 Å². The van der Waals surface area contributed by atoms with Crippen LogP contribution in [0.4, 0.5) is 14.5 Å². The van der Waals surface area contributed by atoms with E-state index in [1.165, 1.54) is 37.3 Å². The van der Waals surface area contributed by atoms with Crippen molar-refractivity contribution >= 4 is 17.6 Å². The lowest BCUT2D eigenvalue weighted by Gasteiger charge is -2.15. The Morgan fingerprint density at radius 1 is 1.15 bits per heavy atom. The van der Waals surface area contributed by atoms with Crippen molar-refractivity contribution in [2.24, 2.45) is 0 Å². The molecule has 0 bridgehead atoms. The van der Waals surface area contributed by atoms with E-state index in [4.69, 9.17) is 10.00 Å². The number of hydrogen-bond acceptors (Lipinski definition) is 5. The lowest BCUT2D eigenvalue weighted by Crippen LogP contribution is -2.30. The molecule has 0 aliphatic carbocycles. The van der Waals surface area contributed by atoms with Gasteiger partial charge in [-0.2, -0.15) is 14.0 Å². The fourth-order valence-electron chi connectivity index (χ4n) is 2.02. The minimum absolute atomic E-state index is 0.223. The molecule has 134 valence electrons. The Morgan fingerprint density at radius 2 is 1.88 bits per heavy atom. The van der Waals surface area contributed by atoms with Crippen LogP contribution in [0.2, 0.25) is 0 Å². The number of alkyl halides is 2. The number of nitriles is 1. The van der Waals surface area contributed by atoms with Gasteiger partial charge < -0.3 is 14.8 Å². The molecule has 0 saturated carbocycles. The Kier molecular flexibility index (Phi) is 6.22. The van der Waals surface area contributed by atoms with E-state index in [1.807, 2.05) is 6.07 Å². The molecule has 1 atom stereocenters. The third kappa shape index (κ3) is 5.01. The molecule has 0 aliphatic heterocycles. The molecule has 6 nitrogen and oxygen atoms in total. The van der Waals surface area contributed by atoms with E-state index >= 15 is 0 Å². The van der Waals surface area contributed by atoms with Gasteiger partial charge >= 0.3 is 12.6 Å². The number of nitrogens with one attached hydrogen (secondary N) is 1. The highest BCUT2D eigenvalue weighted by Gasteiger charge is 2.22. The summed E-state index contributed by atoms with van der Waals surface area (Å²) >= 11 is 0. The molecule has 2 aromatic rings. The predicted octanol–water partition coefficient (Wildman–Crippen LogP) is 3.34. The molecule has 2 aromatic carbocycles. The summed E-state index contributed by atoms with van der Waals surface area (Å²) < 4.78 is 34.1. The first-order chi connectivity index (χ1) is 12.4. The average molecular weight is 360 g/mol. The zero-order valence-electron chi connectivity index (χ0n) is 13.6. The second-order valence-corrected chi connectivity index (χ2v) is 5.10. The fourth-order valence-corrected chi connectivity index (χ4v) is 2.02. The molecule has 0 unspecified atom stereocenters. The molecule has 26 heavy (non-hydrogen) atoms. The first kappa shape index (κ1) is 18.9. The summed E-state index contributed by atoms with van der Waals surface area (Å²) in [4.78, 5) is 24.3. The molecule has 0 aliphatic rings. The number of ether oxygens (including phenoxy) is 2. The largest absolute Gasteiger partial charge is 0.449 e. The van der Waals surface area contributed by atoms with E-state index in [9.17, 15) is 18.4 Å². The highest BCUT2D eigenvalue weighted by atomic mass is 19.3. The summed E-state index contributed by atoms with van der Waals surface area (Å²) in [6.45, 7) is -1.77. The number of nitrogens with zero attached hydrogens (tertiary/aromatic N) is 1. The van der Waals surface area contributed by atoms with Crippen LogP contribution in [-0.4, -0.2) is 24.6 Å². The molecule has 0 spiro atoms. The van der Waals surface area contributed by atoms with Gasteiger partial charge in [-0.3, -0.25) is 4.79 Å². The summed E-state index contributed by atoms with van der Waals surface area (Å²) in [5.74, 6) is -1.96. The summed E-state index contributed by atoms with van der Waals surface area (Å²) in [7, 11) is 0. The van der Waals surface area contributed by atoms with Crippen molar-refractivity contribution in [3.8, 4) is 11.8 Å². The second-order valence-electron chi connectivity index (χ2n) is 5.10.